The number of carbonyl (C=O) groups excluding carboxylic acids is 2. The molecule has 1 heterocycles. The number of thiazole rings is 1. The van der Waals surface area contributed by atoms with Crippen molar-refractivity contribution in [2.45, 2.75) is 13.5 Å². The molecule has 0 aliphatic rings. The van der Waals surface area contributed by atoms with Crippen molar-refractivity contribution in [1.82, 2.24) is 4.57 Å². The van der Waals surface area contributed by atoms with Crippen LogP contribution in [0.4, 0.5) is 0 Å². The quantitative estimate of drug-likeness (QED) is 0.503. The number of aromatic nitrogens is 1. The molecule has 0 saturated carbocycles. The third kappa shape index (κ3) is 4.68. The van der Waals surface area contributed by atoms with Crippen LogP contribution in [0.1, 0.15) is 17.3 Å². The minimum absolute atomic E-state index is 0.0403. The van der Waals surface area contributed by atoms with Crippen LogP contribution < -0.4 is 14.3 Å². The van der Waals surface area contributed by atoms with Gasteiger partial charge in [-0.05, 0) is 37.3 Å². The van der Waals surface area contributed by atoms with Gasteiger partial charge in [0.2, 0.25) is 0 Å². The summed E-state index contributed by atoms with van der Waals surface area (Å²) in [6.07, 6.45) is 0. The molecule has 0 N–H and O–H groups in total. The summed E-state index contributed by atoms with van der Waals surface area (Å²) >= 11 is 4.76. The highest BCUT2D eigenvalue weighted by atomic mass is 79.9. The molecule has 0 fully saturated rings. The molecule has 0 aliphatic heterocycles. The SMILES string of the molecule is CCOC(=O)Cn1c(=NC(=O)c2ccc(OC)cc2OC)sc2cc(Br)ccc21. The van der Waals surface area contributed by atoms with E-state index in [-0.39, 0.29) is 13.2 Å². The molecule has 1 amide bonds. The van der Waals surface area contributed by atoms with Crippen molar-refractivity contribution in [3.63, 3.8) is 0 Å². The molecule has 29 heavy (non-hydrogen) atoms. The number of fused-ring (bicyclic) bond motifs is 1. The molecule has 0 unspecified atom stereocenters. The Morgan fingerprint density at radius 1 is 1.14 bits per heavy atom. The Bertz CT molecular complexity index is 1140. The van der Waals surface area contributed by atoms with Gasteiger partial charge in [0.1, 0.15) is 18.0 Å². The number of halogens is 1. The molecule has 7 nitrogen and oxygen atoms in total. The van der Waals surface area contributed by atoms with Gasteiger partial charge in [-0.25, -0.2) is 0 Å². The van der Waals surface area contributed by atoms with E-state index in [1.54, 1.807) is 29.7 Å². The van der Waals surface area contributed by atoms with Gasteiger partial charge in [0, 0.05) is 10.5 Å². The predicted octanol–water partition coefficient (Wildman–Crippen LogP) is 3.79. The molecule has 0 atom stereocenters. The van der Waals surface area contributed by atoms with Crippen molar-refractivity contribution >= 4 is 49.4 Å². The van der Waals surface area contributed by atoms with Crippen LogP contribution in [0.25, 0.3) is 10.2 Å². The van der Waals surface area contributed by atoms with E-state index in [4.69, 9.17) is 14.2 Å². The Hall–Kier alpha value is -2.65. The molecule has 152 valence electrons. The summed E-state index contributed by atoms with van der Waals surface area (Å²) < 4.78 is 19.0. The molecule has 9 heteroatoms. The van der Waals surface area contributed by atoms with E-state index in [0.29, 0.717) is 21.9 Å². The first-order valence-corrected chi connectivity index (χ1v) is 10.3. The minimum atomic E-state index is -0.479. The molecule has 0 saturated heterocycles. The molecular weight excluding hydrogens is 460 g/mol. The molecule has 0 bridgehead atoms. The van der Waals surface area contributed by atoms with Gasteiger partial charge in [-0.1, -0.05) is 27.3 Å². The topological polar surface area (TPSA) is 79.1 Å². The number of benzene rings is 2. The van der Waals surface area contributed by atoms with Gasteiger partial charge in [-0.3, -0.25) is 9.59 Å². The summed E-state index contributed by atoms with van der Waals surface area (Å²) in [6.45, 7) is 1.99. The van der Waals surface area contributed by atoms with Crippen LogP contribution in [0, 0.1) is 0 Å². The van der Waals surface area contributed by atoms with E-state index in [2.05, 4.69) is 20.9 Å². The fraction of sp³-hybridized carbons (Fsp3) is 0.250. The number of rotatable bonds is 6. The van der Waals surface area contributed by atoms with Crippen molar-refractivity contribution in [3.8, 4) is 11.5 Å². The molecule has 3 rings (SSSR count). The molecule has 0 aliphatic carbocycles. The number of amides is 1. The monoisotopic (exact) mass is 478 g/mol. The largest absolute Gasteiger partial charge is 0.497 e. The van der Waals surface area contributed by atoms with Gasteiger partial charge >= 0.3 is 5.97 Å². The first-order valence-electron chi connectivity index (χ1n) is 8.72. The third-order valence-electron chi connectivity index (χ3n) is 4.07. The van der Waals surface area contributed by atoms with Crippen LogP contribution in [0.3, 0.4) is 0 Å². The van der Waals surface area contributed by atoms with E-state index in [9.17, 15) is 9.59 Å². The summed E-state index contributed by atoms with van der Waals surface area (Å²) in [7, 11) is 3.01. The highest BCUT2D eigenvalue weighted by molar-refractivity contribution is 9.10. The minimum Gasteiger partial charge on any atom is -0.497 e. The zero-order valence-electron chi connectivity index (χ0n) is 16.1. The molecule has 0 radical (unpaired) electrons. The van der Waals surface area contributed by atoms with Crippen molar-refractivity contribution in [1.29, 1.82) is 0 Å². The van der Waals surface area contributed by atoms with Crippen LogP contribution in [0.5, 0.6) is 11.5 Å². The van der Waals surface area contributed by atoms with Crippen LogP contribution in [0.15, 0.2) is 45.9 Å². The Labute approximate surface area is 179 Å². The number of ether oxygens (including phenoxy) is 3. The lowest BCUT2D eigenvalue weighted by atomic mass is 10.2. The normalized spacial score (nSPS) is 11.5. The van der Waals surface area contributed by atoms with Gasteiger partial charge in [0.05, 0.1) is 36.6 Å². The van der Waals surface area contributed by atoms with Crippen LogP contribution >= 0.6 is 27.3 Å². The Kier molecular flexibility index (Phi) is 6.71. The lowest BCUT2D eigenvalue weighted by Gasteiger charge is -2.08. The van der Waals surface area contributed by atoms with Gasteiger partial charge in [0.25, 0.3) is 5.91 Å². The molecule has 3 aromatic rings. The van der Waals surface area contributed by atoms with Crippen LogP contribution in [-0.4, -0.2) is 37.3 Å². The van der Waals surface area contributed by atoms with Crippen LogP contribution in [0.2, 0.25) is 0 Å². The first-order chi connectivity index (χ1) is 14.0. The maximum absolute atomic E-state index is 12.9. The molecule has 1 aromatic heterocycles. The van der Waals surface area contributed by atoms with Crippen molar-refractivity contribution in [3.05, 3.63) is 51.2 Å². The van der Waals surface area contributed by atoms with Crippen molar-refractivity contribution < 1.29 is 23.8 Å². The number of methoxy groups -OCH3 is 2. The summed E-state index contributed by atoms with van der Waals surface area (Å²) in [5.41, 5.74) is 1.09. The number of nitrogens with zero attached hydrogens (tertiary/aromatic N) is 2. The van der Waals surface area contributed by atoms with Crippen LogP contribution in [-0.2, 0) is 16.1 Å². The average Bonchev–Trinajstić information content (AvgIpc) is 3.03. The Morgan fingerprint density at radius 3 is 2.62 bits per heavy atom. The highest BCUT2D eigenvalue weighted by Crippen LogP contribution is 2.26. The van der Waals surface area contributed by atoms with Gasteiger partial charge in [0.15, 0.2) is 4.80 Å². The summed E-state index contributed by atoms with van der Waals surface area (Å²) in [5.74, 6) is 0.0557. The van der Waals surface area contributed by atoms with E-state index < -0.39 is 11.9 Å². The summed E-state index contributed by atoms with van der Waals surface area (Å²) in [6, 6.07) is 10.5. The van der Waals surface area contributed by atoms with E-state index in [1.807, 2.05) is 18.2 Å². The number of carbonyl (C=O) groups is 2. The fourth-order valence-corrected chi connectivity index (χ4v) is 4.32. The predicted molar refractivity (Wildman–Crippen MR) is 114 cm³/mol. The second-order valence-corrected chi connectivity index (χ2v) is 7.80. The maximum Gasteiger partial charge on any atom is 0.326 e. The Balaban J connectivity index is 2.11. The second kappa shape index (κ2) is 9.23. The van der Waals surface area contributed by atoms with Gasteiger partial charge < -0.3 is 18.8 Å². The number of hydrogen-bond donors (Lipinski definition) is 0. The summed E-state index contributed by atoms with van der Waals surface area (Å²) in [4.78, 5) is 29.6. The highest BCUT2D eigenvalue weighted by Gasteiger charge is 2.16. The molecule has 2 aromatic carbocycles. The van der Waals surface area contributed by atoms with Gasteiger partial charge in [-0.15, -0.1) is 0 Å². The standard InChI is InChI=1S/C20H19BrN2O5S/c1-4-28-18(24)11-23-15-8-5-12(21)9-17(15)29-20(23)22-19(25)14-7-6-13(26-2)10-16(14)27-3/h5-10H,4,11H2,1-3H3. The van der Waals surface area contributed by atoms with Gasteiger partial charge in [-0.2, -0.15) is 4.99 Å². The van der Waals surface area contributed by atoms with E-state index in [1.165, 1.54) is 25.6 Å². The average molecular weight is 479 g/mol. The maximum atomic E-state index is 12.9. The van der Waals surface area contributed by atoms with Crippen molar-refractivity contribution in [2.24, 2.45) is 4.99 Å². The summed E-state index contributed by atoms with van der Waals surface area (Å²) in [5, 5.41) is 0. The fourth-order valence-electron chi connectivity index (χ4n) is 2.74. The lowest BCUT2D eigenvalue weighted by Crippen LogP contribution is -2.23. The zero-order chi connectivity index (χ0) is 21.0. The van der Waals surface area contributed by atoms with E-state index in [0.717, 1.165) is 14.7 Å². The van der Waals surface area contributed by atoms with Crippen molar-refractivity contribution in [2.75, 3.05) is 20.8 Å². The first kappa shape index (κ1) is 21.1. The van der Waals surface area contributed by atoms with E-state index >= 15 is 0 Å². The smallest absolute Gasteiger partial charge is 0.326 e. The Morgan fingerprint density at radius 2 is 1.93 bits per heavy atom. The molecule has 0 spiro atoms. The lowest BCUT2D eigenvalue weighted by molar-refractivity contribution is -0.143. The second-order valence-electron chi connectivity index (χ2n) is 5.87. The third-order valence-corrected chi connectivity index (χ3v) is 5.61. The number of esters is 1. The molecular formula is C20H19BrN2O5S. The zero-order valence-corrected chi connectivity index (χ0v) is 18.5. The number of hydrogen-bond acceptors (Lipinski definition) is 6.